The fraction of sp³-hybridized carbons (Fsp3) is 0.684. The van der Waals surface area contributed by atoms with Crippen LogP contribution in [0.1, 0.15) is 17.0 Å². The van der Waals surface area contributed by atoms with E-state index in [0.717, 1.165) is 22.3 Å². The van der Waals surface area contributed by atoms with Crippen molar-refractivity contribution in [1.29, 1.82) is 0 Å². The average molecular weight is 845 g/mol. The van der Waals surface area contributed by atoms with Crippen molar-refractivity contribution in [2.75, 3.05) is 33.0 Å². The summed E-state index contributed by atoms with van der Waals surface area (Å²) in [6.45, 7) is -3.28. The lowest BCUT2D eigenvalue weighted by Gasteiger charge is -2.49. The molecule has 21 nitrogen and oxygen atoms in total. The SMILES string of the molecule is OC[C@H]1O[C@H](O[C@H]2[C@H](O)[C@@H](O)[C@@H](O[C@H]3[C@H](O)[C@@H](O)[C@H](O[C@H]4[C@H](O)[C@@H](O)[C@@H](OCC5c6ccccc6-c6ccccc65)O[C@@H]4CO)O[C@@H]3CO)O[C@@H]2CO)[C@H](O)[C@@H](O)[C@@H]1O. The molecule has 4 heterocycles. The lowest BCUT2D eigenvalue weighted by Crippen LogP contribution is -2.67. The van der Waals surface area contributed by atoms with Gasteiger partial charge in [-0.25, -0.2) is 0 Å². The summed E-state index contributed by atoms with van der Waals surface area (Å²) < 4.78 is 45.5. The molecule has 4 aliphatic heterocycles. The number of aliphatic hydroxyl groups excluding tert-OH is 13. The first-order valence-corrected chi connectivity index (χ1v) is 19.3. The zero-order chi connectivity index (χ0) is 42.3. The van der Waals surface area contributed by atoms with Gasteiger partial charge in [0.25, 0.3) is 0 Å². The smallest absolute Gasteiger partial charge is 0.187 e. The fourth-order valence-corrected chi connectivity index (χ4v) is 8.30. The molecule has 4 saturated heterocycles. The van der Waals surface area contributed by atoms with E-state index in [4.69, 9.17) is 37.9 Å². The van der Waals surface area contributed by atoms with Crippen LogP contribution in [0.4, 0.5) is 0 Å². The summed E-state index contributed by atoms with van der Waals surface area (Å²) in [4.78, 5) is 0. The van der Waals surface area contributed by atoms with Crippen molar-refractivity contribution in [3.8, 4) is 11.1 Å². The van der Waals surface area contributed by atoms with E-state index in [0.29, 0.717) is 0 Å². The Balaban J connectivity index is 0.973. The van der Waals surface area contributed by atoms with Crippen LogP contribution >= 0.6 is 0 Å². The van der Waals surface area contributed by atoms with Crippen LogP contribution in [-0.4, -0.2) is 222 Å². The monoisotopic (exact) mass is 844 g/mol. The summed E-state index contributed by atoms with van der Waals surface area (Å²) in [5.74, 6) is -0.223. The minimum absolute atomic E-state index is 0.0454. The van der Waals surface area contributed by atoms with Gasteiger partial charge in [0.1, 0.15) is 97.7 Å². The second-order valence-corrected chi connectivity index (χ2v) is 15.2. The van der Waals surface area contributed by atoms with E-state index in [2.05, 4.69) is 0 Å². The van der Waals surface area contributed by atoms with E-state index in [-0.39, 0.29) is 12.5 Å². The third-order valence-corrected chi connectivity index (χ3v) is 11.6. The third kappa shape index (κ3) is 8.56. The third-order valence-electron chi connectivity index (χ3n) is 11.6. The Hall–Kier alpha value is -2.40. The Kier molecular flexibility index (Phi) is 14.3. The quantitative estimate of drug-likeness (QED) is 0.0893. The van der Waals surface area contributed by atoms with Crippen LogP contribution in [0.5, 0.6) is 0 Å². The molecule has 13 N–H and O–H groups in total. The molecule has 0 unspecified atom stereocenters. The first-order chi connectivity index (χ1) is 28.3. The molecule has 7 rings (SSSR count). The molecule has 59 heavy (non-hydrogen) atoms. The summed E-state index contributed by atoms with van der Waals surface area (Å²) in [6, 6.07) is 15.6. The molecule has 4 fully saturated rings. The number of aliphatic hydroxyl groups is 13. The van der Waals surface area contributed by atoms with Crippen LogP contribution < -0.4 is 0 Å². The van der Waals surface area contributed by atoms with E-state index in [1.807, 2.05) is 48.5 Å². The first kappa shape index (κ1) is 44.6. The number of rotatable bonds is 13. The van der Waals surface area contributed by atoms with Crippen molar-refractivity contribution in [2.45, 2.75) is 129 Å². The van der Waals surface area contributed by atoms with Gasteiger partial charge in [-0.1, -0.05) is 48.5 Å². The molecule has 0 aromatic heterocycles. The number of benzene rings is 2. The van der Waals surface area contributed by atoms with Crippen LogP contribution in [0.25, 0.3) is 11.1 Å². The van der Waals surface area contributed by atoms with Gasteiger partial charge in [-0.3, -0.25) is 0 Å². The van der Waals surface area contributed by atoms with Gasteiger partial charge >= 0.3 is 0 Å². The van der Waals surface area contributed by atoms with E-state index in [1.54, 1.807) is 0 Å². The minimum Gasteiger partial charge on any atom is -0.394 e. The minimum atomic E-state index is -2.03. The second kappa shape index (κ2) is 18.9. The highest BCUT2D eigenvalue weighted by Gasteiger charge is 2.55. The molecule has 0 amide bonds. The number of hydrogen-bond donors (Lipinski definition) is 13. The first-order valence-electron chi connectivity index (χ1n) is 19.3. The summed E-state index contributed by atoms with van der Waals surface area (Å²) >= 11 is 0. The van der Waals surface area contributed by atoms with Gasteiger partial charge in [-0.05, 0) is 22.3 Å². The standard InChI is InChI=1S/C38H52O21/c39-9-19-23(43)24(44)28(48)36(53-19)57-33-21(11-41)55-38(30(50)26(33)46)59-34-22(12-42)56-37(31(51)27(34)47)58-32-20(10-40)54-35(29(49)25(32)45)52-13-18-16-7-3-1-5-14(16)15-6-2-4-8-17(15)18/h1-8,18-51H,9-13H2/t19-,20-,21-,22-,23-,24+,25-,26-,27-,28-,29-,30-,31-,32-,33-,34-,35+,36-,37+,38-/m1/s1. The maximum Gasteiger partial charge on any atom is 0.187 e. The number of hydrogen-bond acceptors (Lipinski definition) is 21. The largest absolute Gasteiger partial charge is 0.394 e. The topological polar surface area (TPSA) is 337 Å². The average Bonchev–Trinajstić information content (AvgIpc) is 3.57. The van der Waals surface area contributed by atoms with Crippen molar-refractivity contribution in [1.82, 2.24) is 0 Å². The van der Waals surface area contributed by atoms with Crippen LogP contribution in [-0.2, 0) is 37.9 Å². The molecule has 0 spiro atoms. The van der Waals surface area contributed by atoms with Gasteiger partial charge in [0.15, 0.2) is 25.2 Å². The Morgan fingerprint density at radius 3 is 1.14 bits per heavy atom. The van der Waals surface area contributed by atoms with Crippen LogP contribution in [0.15, 0.2) is 48.5 Å². The highest BCUT2D eigenvalue weighted by Crippen LogP contribution is 2.45. The molecule has 2 aromatic rings. The van der Waals surface area contributed by atoms with Crippen molar-refractivity contribution in [2.24, 2.45) is 0 Å². The van der Waals surface area contributed by atoms with Crippen molar-refractivity contribution in [3.63, 3.8) is 0 Å². The molecule has 330 valence electrons. The lowest BCUT2D eigenvalue weighted by molar-refractivity contribution is -0.388. The molecule has 0 bridgehead atoms. The predicted molar refractivity (Wildman–Crippen MR) is 191 cm³/mol. The maximum atomic E-state index is 11.2. The normalized spacial score (nSPS) is 43.9. The highest BCUT2D eigenvalue weighted by atomic mass is 16.8. The Labute approximate surface area is 336 Å². The number of fused-ring (bicyclic) bond motifs is 3. The zero-order valence-corrected chi connectivity index (χ0v) is 31.4. The zero-order valence-electron chi connectivity index (χ0n) is 31.4. The summed E-state index contributed by atoms with van der Waals surface area (Å²) in [7, 11) is 0. The van der Waals surface area contributed by atoms with Gasteiger partial charge in [-0.15, -0.1) is 0 Å². The highest BCUT2D eigenvalue weighted by molar-refractivity contribution is 5.78. The maximum absolute atomic E-state index is 11.2. The predicted octanol–water partition coefficient (Wildman–Crippen LogP) is -5.91. The van der Waals surface area contributed by atoms with Crippen LogP contribution in [0.2, 0.25) is 0 Å². The Morgan fingerprint density at radius 2 is 0.729 bits per heavy atom. The molecule has 5 aliphatic rings. The molecule has 1 aliphatic carbocycles. The summed E-state index contributed by atoms with van der Waals surface area (Å²) in [5, 5.41) is 137. The van der Waals surface area contributed by atoms with Gasteiger partial charge in [-0.2, -0.15) is 0 Å². The van der Waals surface area contributed by atoms with E-state index >= 15 is 0 Å². The molecule has 0 saturated carbocycles. The Morgan fingerprint density at radius 1 is 0.390 bits per heavy atom. The van der Waals surface area contributed by atoms with Gasteiger partial charge < -0.3 is 104 Å². The van der Waals surface area contributed by atoms with Gasteiger partial charge in [0, 0.05) is 5.92 Å². The molecule has 2 aromatic carbocycles. The summed E-state index contributed by atoms with van der Waals surface area (Å²) in [6.07, 6.45) is -34.6. The van der Waals surface area contributed by atoms with Crippen molar-refractivity contribution < 1.29 is 104 Å². The molecule has 0 radical (unpaired) electrons. The van der Waals surface area contributed by atoms with Gasteiger partial charge in [0.2, 0.25) is 0 Å². The van der Waals surface area contributed by atoms with Crippen molar-refractivity contribution in [3.05, 3.63) is 59.7 Å². The second-order valence-electron chi connectivity index (χ2n) is 15.2. The fourth-order valence-electron chi connectivity index (χ4n) is 8.30. The lowest BCUT2D eigenvalue weighted by atomic mass is 9.95. The van der Waals surface area contributed by atoms with Gasteiger partial charge in [0.05, 0.1) is 33.0 Å². The molecule has 20 atom stereocenters. The Bertz CT molecular complexity index is 1620. The van der Waals surface area contributed by atoms with Crippen LogP contribution in [0, 0.1) is 0 Å². The molecular weight excluding hydrogens is 792 g/mol. The molecule has 21 heteroatoms. The summed E-state index contributed by atoms with van der Waals surface area (Å²) in [5.41, 5.74) is 4.07. The number of ether oxygens (including phenoxy) is 8. The molecular formula is C38H52O21. The van der Waals surface area contributed by atoms with E-state index in [1.165, 1.54) is 0 Å². The van der Waals surface area contributed by atoms with Crippen molar-refractivity contribution >= 4 is 0 Å². The van der Waals surface area contributed by atoms with E-state index in [9.17, 15) is 66.4 Å². The van der Waals surface area contributed by atoms with E-state index < -0.39 is 149 Å². The van der Waals surface area contributed by atoms with Crippen LogP contribution in [0.3, 0.4) is 0 Å².